The summed E-state index contributed by atoms with van der Waals surface area (Å²) in [6.07, 6.45) is 20.4. The van der Waals surface area contributed by atoms with Crippen LogP contribution in [0.1, 0.15) is 172 Å². The normalized spacial score (nSPS) is 13.2. The number of carbonyl (C=O) groups is 13. The van der Waals surface area contributed by atoms with Gasteiger partial charge in [-0.1, -0.05) is 119 Å². The number of carbonyl (C=O) groups excluding carboxylic acids is 4. The second kappa shape index (κ2) is 79.8. The van der Waals surface area contributed by atoms with Crippen LogP contribution in [0.2, 0.25) is 0 Å². The van der Waals surface area contributed by atoms with Crippen LogP contribution in [0.4, 0.5) is 4.79 Å². The Labute approximate surface area is 615 Å². The largest absolute Gasteiger partial charge is 0.481 e. The van der Waals surface area contributed by atoms with Crippen LogP contribution >= 0.6 is 47.0 Å². The molecule has 36 heteroatoms. The van der Waals surface area contributed by atoms with Crippen LogP contribution in [0.25, 0.3) is 0 Å². The molecule has 0 fully saturated rings. The molecular weight excluding hydrogens is 1410 g/mol. The Morgan fingerprint density at radius 3 is 0.743 bits per heavy atom. The quantitative estimate of drug-likeness (QED) is 0.0264. The molecule has 0 heterocycles. The van der Waals surface area contributed by atoms with E-state index in [9.17, 15) is 62.3 Å². The van der Waals surface area contributed by atoms with Gasteiger partial charge < -0.3 is 97.6 Å². The molecule has 32 nitrogen and oxygen atoms in total. The molecule has 11 atom stereocenters. The van der Waals surface area contributed by atoms with E-state index >= 15 is 0 Å². The van der Waals surface area contributed by atoms with E-state index < -0.39 is 96.1 Å². The lowest BCUT2D eigenvalue weighted by Gasteiger charge is -2.17. The molecule has 4 amide bonds. The molecule has 0 aromatic rings. The van der Waals surface area contributed by atoms with Crippen molar-refractivity contribution in [2.45, 2.75) is 208 Å². The first-order valence-corrected chi connectivity index (χ1v) is 38.4. The third-order valence-electron chi connectivity index (χ3n) is 12.6. The summed E-state index contributed by atoms with van der Waals surface area (Å²) in [5, 5.41) is 86.1. The van der Waals surface area contributed by atoms with Gasteiger partial charge in [-0.25, -0.2) is 24.0 Å². The molecule has 0 aliphatic carbocycles. The van der Waals surface area contributed by atoms with Crippen molar-refractivity contribution in [1.82, 2.24) is 21.3 Å². The van der Waals surface area contributed by atoms with E-state index in [1.54, 1.807) is 70.7 Å². The van der Waals surface area contributed by atoms with E-state index in [1.165, 1.54) is 58.9 Å². The van der Waals surface area contributed by atoms with Gasteiger partial charge in [0.25, 0.3) is 0 Å². The summed E-state index contributed by atoms with van der Waals surface area (Å²) in [6.45, 7) is 18.7. The van der Waals surface area contributed by atoms with Crippen LogP contribution < -0.4 is 32.7 Å². The molecule has 17 N–H and O–H groups in total. The highest BCUT2D eigenvalue weighted by molar-refractivity contribution is 7.99. The van der Waals surface area contributed by atoms with Crippen molar-refractivity contribution in [2.24, 2.45) is 41.1 Å². The molecular formula is C65H128N6O26S4. The van der Waals surface area contributed by atoms with Crippen molar-refractivity contribution in [2.75, 3.05) is 96.3 Å². The first-order chi connectivity index (χ1) is 47.1. The van der Waals surface area contributed by atoms with Crippen molar-refractivity contribution in [3.05, 3.63) is 0 Å². The van der Waals surface area contributed by atoms with E-state index in [1.807, 2.05) is 12.5 Å². The Morgan fingerprint density at radius 1 is 0.337 bits per heavy atom. The van der Waals surface area contributed by atoms with Crippen LogP contribution in [0.5, 0.6) is 0 Å². The van der Waals surface area contributed by atoms with Gasteiger partial charge in [0.05, 0.1) is 68.6 Å². The minimum absolute atomic E-state index is 0.204. The molecule has 101 heavy (non-hydrogen) atoms. The third-order valence-corrected chi connectivity index (χ3v) is 15.6. The number of methoxy groups -OCH3 is 4. The van der Waals surface area contributed by atoms with E-state index in [4.69, 9.17) is 57.4 Å². The summed E-state index contributed by atoms with van der Waals surface area (Å²) in [7, 11) is 5.64. The van der Waals surface area contributed by atoms with E-state index in [0.717, 1.165) is 77.0 Å². The molecule has 0 aromatic carbocycles. The van der Waals surface area contributed by atoms with Crippen LogP contribution in [-0.4, -0.2) is 256 Å². The van der Waals surface area contributed by atoms with Crippen LogP contribution in [-0.2, 0) is 76.5 Å². The Hall–Kier alpha value is -5.89. The summed E-state index contributed by atoms with van der Waals surface area (Å²) in [4.78, 5) is 138. The maximum atomic E-state index is 11.8. The van der Waals surface area contributed by atoms with Crippen LogP contribution in [0.3, 0.4) is 0 Å². The Bertz CT molecular complexity index is 2000. The number of thioether (sulfide) groups is 4. The number of aliphatic carboxylic acids is 9. The number of nitrogens with one attached hydrogen (secondary N) is 4. The van der Waals surface area contributed by atoms with E-state index in [0.29, 0.717) is 48.7 Å². The fraction of sp³-hybridized carbons (Fsp3) is 0.800. The van der Waals surface area contributed by atoms with Gasteiger partial charge in [-0.05, 0) is 71.5 Å². The van der Waals surface area contributed by atoms with Gasteiger partial charge >= 0.3 is 59.8 Å². The average molecular weight is 1540 g/mol. The van der Waals surface area contributed by atoms with Gasteiger partial charge in [-0.3, -0.25) is 38.4 Å². The minimum atomic E-state index is -1.06. The lowest BCUT2D eigenvalue weighted by atomic mass is 10.1. The monoisotopic (exact) mass is 1540 g/mol. The first kappa shape index (κ1) is 114. The summed E-state index contributed by atoms with van der Waals surface area (Å²) in [6, 6.07) is -4.46. The highest BCUT2D eigenvalue weighted by Gasteiger charge is 2.25. The first-order valence-electron chi connectivity index (χ1n) is 32.9. The second-order valence-electron chi connectivity index (χ2n) is 22.5. The molecule has 0 radical (unpaired) electrons. The van der Waals surface area contributed by atoms with Gasteiger partial charge in [-0.2, -0.15) is 47.0 Å². The highest BCUT2D eigenvalue weighted by Crippen LogP contribution is 2.09. The number of hydrogen-bond donors (Lipinski definition) is 15. The Balaban J connectivity index is -0.000000138. The number of carboxylic acids is 9. The average Bonchev–Trinajstić information content (AvgIpc) is 0.945. The molecule has 11 unspecified atom stereocenters. The molecule has 0 saturated carbocycles. The molecule has 0 saturated heterocycles. The molecule has 0 aliphatic rings. The summed E-state index contributed by atoms with van der Waals surface area (Å²) in [5.74, 6) is -8.32. The van der Waals surface area contributed by atoms with Crippen LogP contribution in [0.15, 0.2) is 0 Å². The van der Waals surface area contributed by atoms with Gasteiger partial charge in [0.1, 0.15) is 24.2 Å². The van der Waals surface area contributed by atoms with Gasteiger partial charge in [0.2, 0.25) is 17.7 Å². The van der Waals surface area contributed by atoms with Crippen molar-refractivity contribution in [1.29, 1.82) is 0 Å². The Morgan fingerprint density at radius 2 is 0.574 bits per heavy atom. The number of rotatable bonds is 45. The lowest BCUT2D eigenvalue weighted by molar-refractivity contribution is -0.143. The number of alkyl carbamates (subject to hydrolysis) is 1. The molecule has 0 rings (SSSR count). The third kappa shape index (κ3) is 84.7. The van der Waals surface area contributed by atoms with Crippen molar-refractivity contribution < 1.29 is 127 Å². The standard InChI is InChI=1S/2C14H28N2O3.C6H11NO4S.C6H11NO3S.3C5H10O3.2C5H10O2S/c2*1-3-5-7-9-11(15)13(17)16-12(14(18)19)10-8-6-4-2;1-11-6(10)7-4(3-12-2)5(8)9;1-4(8)7-5(3-11-2)6(9)10;5*1-4(3-8-2)5(6)7/h2*11-12H,3-10,15H2,1-2H3,(H,16,17)(H,18,19);4H,3H2,1-2H3,(H,7,10)(H,8,9);5H,3H2,1-2H3,(H,7,8)(H,9,10);5*4H,3H2,1-2H3,(H,6,7). The fourth-order valence-electron chi connectivity index (χ4n) is 6.50. The van der Waals surface area contributed by atoms with Gasteiger partial charge in [-0.15, -0.1) is 0 Å². The molecule has 598 valence electrons. The number of nitrogens with two attached hydrogens (primary N) is 2. The lowest BCUT2D eigenvalue weighted by Crippen LogP contribution is -2.48. The number of ether oxygens (including phenoxy) is 4. The Kier molecular flexibility index (Phi) is 89.8. The van der Waals surface area contributed by atoms with Crippen LogP contribution in [0, 0.1) is 29.6 Å². The topological polar surface area (TPSA) is 541 Å². The van der Waals surface area contributed by atoms with Crippen molar-refractivity contribution in [3.63, 3.8) is 0 Å². The minimum Gasteiger partial charge on any atom is -0.481 e. The maximum absolute atomic E-state index is 11.8. The molecule has 0 aliphatic heterocycles. The fourth-order valence-corrected chi connectivity index (χ4v) is 8.90. The highest BCUT2D eigenvalue weighted by atomic mass is 32.2. The summed E-state index contributed by atoms with van der Waals surface area (Å²) >= 11 is 5.84. The second-order valence-corrected chi connectivity index (χ2v) is 26.1. The zero-order valence-corrected chi connectivity index (χ0v) is 66.1. The summed E-state index contributed by atoms with van der Waals surface area (Å²) in [5.41, 5.74) is 11.5. The summed E-state index contributed by atoms with van der Waals surface area (Å²) < 4.78 is 18.0. The molecule has 0 spiro atoms. The van der Waals surface area contributed by atoms with Gasteiger partial charge in [0, 0.05) is 51.3 Å². The molecule has 0 bridgehead atoms. The number of carboxylic acid groups (broad SMARTS) is 9. The smallest absolute Gasteiger partial charge is 0.407 e. The zero-order valence-electron chi connectivity index (χ0n) is 62.9. The van der Waals surface area contributed by atoms with E-state index in [-0.39, 0.29) is 67.1 Å². The SMILES string of the molecule is CCCCCC(N)C(=O)NC(CCCCC)C(=O)O.CCCCCC(N)C(=O)NC(CCCCC)C(=O)O.COC(=O)NC(CSC)C(=O)O.COCC(C)C(=O)O.COCC(C)C(=O)O.COCC(C)C(=O)O.CSCC(C)C(=O)O.CSCC(C)C(=O)O.CSCC(NC(C)=O)C(=O)O. The van der Waals surface area contributed by atoms with Crippen molar-refractivity contribution >= 4 is 125 Å². The number of amides is 4. The molecule has 0 aromatic heterocycles. The maximum Gasteiger partial charge on any atom is 0.407 e. The predicted octanol–water partition coefficient (Wildman–Crippen LogP) is 7.39. The zero-order chi connectivity index (χ0) is 80.6. The van der Waals surface area contributed by atoms with Gasteiger partial charge in [0.15, 0.2) is 0 Å². The van der Waals surface area contributed by atoms with Crippen molar-refractivity contribution in [3.8, 4) is 0 Å². The number of unbranched alkanes of at least 4 members (excludes halogenated alkanes) is 8. The predicted molar refractivity (Wildman–Crippen MR) is 397 cm³/mol. The van der Waals surface area contributed by atoms with E-state index in [2.05, 4.69) is 67.9 Å². The number of hydrogen-bond acceptors (Lipinski definition) is 23.